The smallest absolute Gasteiger partial charge is 0.412 e. The number of anilines is 1. The van der Waals surface area contributed by atoms with Crippen LogP contribution in [0.1, 0.15) is 33.1 Å². The van der Waals surface area contributed by atoms with Gasteiger partial charge in [-0.15, -0.1) is 0 Å². The third-order valence-corrected chi connectivity index (χ3v) is 3.54. The molecule has 0 unspecified atom stereocenters. The average Bonchev–Trinajstić information content (AvgIpc) is 2.46. The summed E-state index contributed by atoms with van der Waals surface area (Å²) in [5, 5.41) is 2.62. The Bertz CT molecular complexity index is 489. The van der Waals surface area contributed by atoms with Gasteiger partial charge < -0.3 is 10.5 Å². The van der Waals surface area contributed by atoms with Crippen molar-refractivity contribution in [3.63, 3.8) is 0 Å². The Morgan fingerprint density at radius 1 is 1.27 bits per heavy atom. The highest BCUT2D eigenvalue weighted by Crippen LogP contribution is 2.16. The van der Waals surface area contributed by atoms with Crippen LogP contribution in [0.4, 0.5) is 10.5 Å². The number of benzene rings is 1. The van der Waals surface area contributed by atoms with Crippen molar-refractivity contribution >= 4 is 33.5 Å². The lowest BCUT2D eigenvalue weighted by molar-refractivity contribution is -0.127. The summed E-state index contributed by atoms with van der Waals surface area (Å²) in [5.41, 5.74) is 6.03. The summed E-state index contributed by atoms with van der Waals surface area (Å²) in [6, 6.07) is 7.12. The number of nitrogens with two attached hydrogens (primary N) is 1. The Kier molecular flexibility index (Phi) is 8.12. The maximum absolute atomic E-state index is 12.1. The molecule has 0 radical (unpaired) electrons. The first-order chi connectivity index (χ1) is 10.4. The van der Waals surface area contributed by atoms with E-state index in [4.69, 9.17) is 10.5 Å². The molecule has 0 heterocycles. The zero-order chi connectivity index (χ0) is 16.5. The van der Waals surface area contributed by atoms with E-state index in [0.29, 0.717) is 31.5 Å². The molecule has 1 rings (SSSR count). The zero-order valence-electron chi connectivity index (χ0n) is 13.0. The number of hydrogen-bond donors (Lipinski definition) is 2. The Morgan fingerprint density at radius 3 is 2.45 bits per heavy atom. The average molecular weight is 371 g/mol. The van der Waals surface area contributed by atoms with Crippen LogP contribution in [0.5, 0.6) is 0 Å². The largest absolute Gasteiger partial charge is 0.438 e. The lowest BCUT2D eigenvalue weighted by Gasteiger charge is -2.19. The van der Waals surface area contributed by atoms with Crippen LogP contribution in [0.15, 0.2) is 28.7 Å². The SMILES string of the molecule is CC(C)C[C@H](OC(=O)Nc1ccc(Br)cc1)C(=O)CCCN. The van der Waals surface area contributed by atoms with Crippen molar-refractivity contribution in [2.24, 2.45) is 11.7 Å². The van der Waals surface area contributed by atoms with Crippen molar-refractivity contribution in [1.82, 2.24) is 0 Å². The molecule has 0 saturated heterocycles. The lowest BCUT2D eigenvalue weighted by atomic mass is 10.0. The Balaban J connectivity index is 2.61. The molecule has 0 aromatic heterocycles. The van der Waals surface area contributed by atoms with Crippen LogP contribution in [0, 0.1) is 5.92 Å². The highest BCUT2D eigenvalue weighted by molar-refractivity contribution is 9.10. The molecule has 1 aromatic rings. The van der Waals surface area contributed by atoms with Gasteiger partial charge in [-0.05, 0) is 49.6 Å². The fraction of sp³-hybridized carbons (Fsp3) is 0.500. The highest BCUT2D eigenvalue weighted by Gasteiger charge is 2.23. The standard InChI is InChI=1S/C16H23BrN2O3/c1-11(2)10-15(14(20)4-3-9-18)22-16(21)19-13-7-5-12(17)6-8-13/h5-8,11,15H,3-4,9-10,18H2,1-2H3,(H,19,21)/t15-/m0/s1. The second kappa shape index (κ2) is 9.58. The van der Waals surface area contributed by atoms with E-state index in [9.17, 15) is 9.59 Å². The molecule has 0 aliphatic carbocycles. The molecule has 0 aliphatic rings. The predicted molar refractivity (Wildman–Crippen MR) is 90.8 cm³/mol. The Labute approximate surface area is 139 Å². The first kappa shape index (κ1) is 18.6. The maximum Gasteiger partial charge on any atom is 0.412 e. The van der Waals surface area contributed by atoms with Crippen LogP contribution in [-0.4, -0.2) is 24.5 Å². The summed E-state index contributed by atoms with van der Waals surface area (Å²) in [6.45, 7) is 4.42. The molecule has 3 N–H and O–H groups in total. The van der Waals surface area contributed by atoms with Gasteiger partial charge in [0.1, 0.15) is 0 Å². The molecule has 0 spiro atoms. The number of amides is 1. The molecule has 0 aliphatic heterocycles. The minimum Gasteiger partial charge on any atom is -0.438 e. The molecule has 0 saturated carbocycles. The molecule has 6 heteroatoms. The lowest BCUT2D eigenvalue weighted by Crippen LogP contribution is -2.31. The molecular formula is C16H23BrN2O3. The number of nitrogens with one attached hydrogen (secondary N) is 1. The molecule has 1 atom stereocenters. The molecule has 5 nitrogen and oxygen atoms in total. The van der Waals surface area contributed by atoms with Gasteiger partial charge in [0.15, 0.2) is 11.9 Å². The summed E-state index contributed by atoms with van der Waals surface area (Å²) >= 11 is 3.32. The molecule has 0 fully saturated rings. The number of rotatable bonds is 8. The van der Waals surface area contributed by atoms with Gasteiger partial charge in [0, 0.05) is 16.6 Å². The monoisotopic (exact) mass is 370 g/mol. The minimum atomic E-state index is -0.720. The van der Waals surface area contributed by atoms with Gasteiger partial charge in [-0.2, -0.15) is 0 Å². The summed E-state index contributed by atoms with van der Waals surface area (Å²) in [5.74, 6) is 0.178. The van der Waals surface area contributed by atoms with Crippen LogP contribution in [0.3, 0.4) is 0 Å². The molecule has 1 amide bonds. The molecule has 1 aromatic carbocycles. The quantitative estimate of drug-likeness (QED) is 0.730. The highest BCUT2D eigenvalue weighted by atomic mass is 79.9. The van der Waals surface area contributed by atoms with E-state index < -0.39 is 12.2 Å². The minimum absolute atomic E-state index is 0.0786. The van der Waals surface area contributed by atoms with Crippen LogP contribution in [-0.2, 0) is 9.53 Å². The van der Waals surface area contributed by atoms with Gasteiger partial charge in [-0.1, -0.05) is 29.8 Å². The summed E-state index contributed by atoms with van der Waals surface area (Å²) in [6.07, 6.45) is 0.109. The van der Waals surface area contributed by atoms with Crippen molar-refractivity contribution in [3.05, 3.63) is 28.7 Å². The summed E-state index contributed by atoms with van der Waals surface area (Å²) < 4.78 is 6.22. The van der Waals surface area contributed by atoms with Crippen molar-refractivity contribution < 1.29 is 14.3 Å². The normalized spacial score (nSPS) is 12.0. The van der Waals surface area contributed by atoms with Crippen LogP contribution >= 0.6 is 15.9 Å². The van der Waals surface area contributed by atoms with Crippen molar-refractivity contribution in [2.75, 3.05) is 11.9 Å². The number of carbonyl (C=O) groups is 2. The van der Waals surface area contributed by atoms with Gasteiger partial charge in [-0.3, -0.25) is 10.1 Å². The van der Waals surface area contributed by atoms with Crippen molar-refractivity contribution in [2.45, 2.75) is 39.2 Å². The third kappa shape index (κ3) is 7.04. The summed E-state index contributed by atoms with van der Waals surface area (Å²) in [4.78, 5) is 24.0. The van der Waals surface area contributed by atoms with Crippen molar-refractivity contribution in [3.8, 4) is 0 Å². The maximum atomic E-state index is 12.1. The van der Waals surface area contributed by atoms with Gasteiger partial charge >= 0.3 is 6.09 Å². The van der Waals surface area contributed by atoms with Gasteiger partial charge in [0.25, 0.3) is 0 Å². The third-order valence-electron chi connectivity index (χ3n) is 3.01. The first-order valence-electron chi connectivity index (χ1n) is 7.38. The number of halogens is 1. The fourth-order valence-corrected chi connectivity index (χ4v) is 2.18. The fourth-order valence-electron chi connectivity index (χ4n) is 1.92. The molecular weight excluding hydrogens is 348 g/mol. The van der Waals surface area contributed by atoms with Gasteiger partial charge in [0.05, 0.1) is 0 Å². The van der Waals surface area contributed by atoms with Gasteiger partial charge in [-0.25, -0.2) is 4.79 Å². The van der Waals surface area contributed by atoms with E-state index >= 15 is 0 Å². The van der Waals surface area contributed by atoms with E-state index in [1.54, 1.807) is 12.1 Å². The number of Topliss-reactive ketones (excluding diaryl/α,β-unsaturated/α-hetero) is 1. The van der Waals surface area contributed by atoms with Crippen LogP contribution < -0.4 is 11.1 Å². The topological polar surface area (TPSA) is 81.4 Å². The second-order valence-corrected chi connectivity index (χ2v) is 6.43. The van der Waals surface area contributed by atoms with E-state index in [1.807, 2.05) is 26.0 Å². The van der Waals surface area contributed by atoms with E-state index in [2.05, 4.69) is 21.2 Å². The van der Waals surface area contributed by atoms with E-state index in [1.165, 1.54) is 0 Å². The van der Waals surface area contributed by atoms with Crippen LogP contribution in [0.25, 0.3) is 0 Å². The summed E-state index contributed by atoms with van der Waals surface area (Å²) in [7, 11) is 0. The first-order valence-corrected chi connectivity index (χ1v) is 8.17. The molecule has 122 valence electrons. The van der Waals surface area contributed by atoms with Crippen molar-refractivity contribution in [1.29, 1.82) is 0 Å². The molecule has 22 heavy (non-hydrogen) atoms. The van der Waals surface area contributed by atoms with Gasteiger partial charge in [0.2, 0.25) is 0 Å². The number of ketones is 1. The number of ether oxygens (including phenoxy) is 1. The number of carbonyl (C=O) groups excluding carboxylic acids is 2. The second-order valence-electron chi connectivity index (χ2n) is 5.51. The molecule has 0 bridgehead atoms. The van der Waals surface area contributed by atoms with Crippen LogP contribution in [0.2, 0.25) is 0 Å². The Hall–Kier alpha value is -1.40. The predicted octanol–water partition coefficient (Wildman–Crippen LogP) is 3.72. The number of hydrogen-bond acceptors (Lipinski definition) is 4. The zero-order valence-corrected chi connectivity index (χ0v) is 14.6. The van der Waals surface area contributed by atoms with E-state index in [0.717, 1.165) is 4.47 Å². The van der Waals surface area contributed by atoms with E-state index in [-0.39, 0.29) is 11.7 Å². The Morgan fingerprint density at radius 2 is 1.91 bits per heavy atom.